The van der Waals surface area contributed by atoms with E-state index in [4.69, 9.17) is 0 Å². The van der Waals surface area contributed by atoms with Crippen LogP contribution in [0.25, 0.3) is 16.8 Å². The van der Waals surface area contributed by atoms with E-state index >= 15 is 0 Å². The molecule has 7 heteroatoms. The molecule has 1 aliphatic heterocycles. The Morgan fingerprint density at radius 2 is 2.00 bits per heavy atom. The molecule has 7 nitrogen and oxygen atoms in total. The average Bonchev–Trinajstić information content (AvgIpc) is 3.21. The highest BCUT2D eigenvalue weighted by Gasteiger charge is 2.35. The molecule has 26 heavy (non-hydrogen) atoms. The van der Waals surface area contributed by atoms with E-state index in [1.807, 2.05) is 24.2 Å². The summed E-state index contributed by atoms with van der Waals surface area (Å²) in [5, 5.41) is 11.0. The molecule has 1 saturated carbocycles. The average molecular weight is 352 g/mol. The minimum absolute atomic E-state index is 0.294. The molecule has 1 saturated heterocycles. The molecule has 136 valence electrons. The molecule has 1 N–H and O–H groups in total. The minimum atomic E-state index is 0.294. The smallest absolute Gasteiger partial charge is 0.225 e. The predicted octanol–water partition coefficient (Wildman–Crippen LogP) is 2.26. The third-order valence-corrected chi connectivity index (χ3v) is 5.18. The van der Waals surface area contributed by atoms with Crippen molar-refractivity contribution in [3.05, 3.63) is 36.4 Å². The molecule has 0 bridgehead atoms. The number of amides is 1. The summed E-state index contributed by atoms with van der Waals surface area (Å²) >= 11 is 0. The van der Waals surface area contributed by atoms with Crippen LogP contribution in [0, 0.1) is 5.92 Å². The van der Waals surface area contributed by atoms with Crippen molar-refractivity contribution in [1.29, 1.82) is 0 Å². The summed E-state index contributed by atoms with van der Waals surface area (Å²) in [5.74, 6) is 0.632. The molecule has 1 aliphatic carbocycles. The number of hydrogen-bond acceptors (Lipinski definition) is 4. The Morgan fingerprint density at radius 3 is 2.58 bits per heavy atom. The Labute approximate surface area is 153 Å². The van der Waals surface area contributed by atoms with Crippen molar-refractivity contribution in [3.63, 3.8) is 0 Å². The van der Waals surface area contributed by atoms with Crippen molar-refractivity contribution in [3.8, 4) is 11.1 Å². The molecular formula is C19H24N6O. The first-order valence-corrected chi connectivity index (χ1v) is 9.10. The SMILES string of the molecule is C=Nn1cc(-c2cn[nH]c2)cc1/C(=C\C)N1CCN(C(=O)C2CC2)CC1. The van der Waals surface area contributed by atoms with Gasteiger partial charge in [0.25, 0.3) is 0 Å². The second-order valence-corrected chi connectivity index (χ2v) is 6.85. The van der Waals surface area contributed by atoms with Gasteiger partial charge in [0.15, 0.2) is 0 Å². The largest absolute Gasteiger partial charge is 0.367 e. The maximum absolute atomic E-state index is 12.3. The van der Waals surface area contributed by atoms with Crippen molar-refractivity contribution in [2.24, 2.45) is 11.0 Å². The fraction of sp³-hybridized carbons (Fsp3) is 0.421. The van der Waals surface area contributed by atoms with Gasteiger partial charge in [-0.2, -0.15) is 10.2 Å². The lowest BCUT2D eigenvalue weighted by molar-refractivity contribution is -0.133. The van der Waals surface area contributed by atoms with E-state index < -0.39 is 0 Å². The number of aromatic nitrogens is 3. The molecule has 0 radical (unpaired) electrons. The van der Waals surface area contributed by atoms with Crippen molar-refractivity contribution >= 4 is 18.3 Å². The highest BCUT2D eigenvalue weighted by molar-refractivity contribution is 5.81. The number of hydrogen-bond donors (Lipinski definition) is 1. The molecular weight excluding hydrogens is 328 g/mol. The number of piperazine rings is 1. The van der Waals surface area contributed by atoms with Crippen molar-refractivity contribution in [2.75, 3.05) is 26.2 Å². The Morgan fingerprint density at radius 1 is 1.27 bits per heavy atom. The van der Waals surface area contributed by atoms with Crippen molar-refractivity contribution in [2.45, 2.75) is 19.8 Å². The molecule has 0 unspecified atom stereocenters. The number of H-pyrrole nitrogens is 1. The monoisotopic (exact) mass is 352 g/mol. The first kappa shape index (κ1) is 16.6. The Hall–Kier alpha value is -2.83. The number of carbonyl (C=O) groups excluding carboxylic acids is 1. The van der Waals surface area contributed by atoms with Gasteiger partial charge in [0.05, 0.1) is 17.6 Å². The quantitative estimate of drug-likeness (QED) is 0.839. The number of nitrogens with zero attached hydrogens (tertiary/aromatic N) is 5. The molecule has 2 aliphatic rings. The number of nitrogens with one attached hydrogen (secondary N) is 1. The number of rotatable bonds is 5. The van der Waals surface area contributed by atoms with Crippen LogP contribution >= 0.6 is 0 Å². The van der Waals surface area contributed by atoms with Crippen molar-refractivity contribution < 1.29 is 4.79 Å². The van der Waals surface area contributed by atoms with Gasteiger partial charge in [-0.1, -0.05) is 6.08 Å². The molecule has 0 atom stereocenters. The van der Waals surface area contributed by atoms with Gasteiger partial charge in [0.2, 0.25) is 5.91 Å². The summed E-state index contributed by atoms with van der Waals surface area (Å²) in [6.07, 6.45) is 9.86. The Kier molecular flexibility index (Phi) is 4.36. The van der Waals surface area contributed by atoms with E-state index in [9.17, 15) is 4.79 Å². The highest BCUT2D eigenvalue weighted by Crippen LogP contribution is 2.32. The maximum atomic E-state index is 12.3. The molecule has 0 spiro atoms. The van der Waals surface area contributed by atoms with Crippen LogP contribution in [-0.2, 0) is 4.79 Å². The van der Waals surface area contributed by atoms with E-state index in [1.54, 1.807) is 10.9 Å². The number of carbonyl (C=O) groups is 1. The van der Waals surface area contributed by atoms with Crippen molar-refractivity contribution in [1.82, 2.24) is 24.7 Å². The van der Waals surface area contributed by atoms with Crippen LogP contribution in [0.1, 0.15) is 25.5 Å². The van der Waals surface area contributed by atoms with Gasteiger partial charge in [-0.3, -0.25) is 9.89 Å². The maximum Gasteiger partial charge on any atom is 0.225 e. The standard InChI is InChI=1S/C19H24N6O/c1-3-17(23-6-8-24(9-7-23)19(26)14-4-5-14)18-10-15(13-25(18)20-2)16-11-21-22-12-16/h3,10-14H,2,4-9H2,1H3,(H,21,22)/b17-3+. The van der Waals surface area contributed by atoms with Crippen LogP contribution in [0.4, 0.5) is 0 Å². The van der Waals surface area contributed by atoms with Gasteiger partial charge >= 0.3 is 0 Å². The predicted molar refractivity (Wildman–Crippen MR) is 101 cm³/mol. The van der Waals surface area contributed by atoms with E-state index in [-0.39, 0.29) is 0 Å². The summed E-state index contributed by atoms with van der Waals surface area (Å²) in [5.41, 5.74) is 4.18. The van der Waals surface area contributed by atoms with Crippen LogP contribution in [0.2, 0.25) is 0 Å². The van der Waals surface area contributed by atoms with Crippen LogP contribution in [0.3, 0.4) is 0 Å². The second-order valence-electron chi connectivity index (χ2n) is 6.85. The summed E-state index contributed by atoms with van der Waals surface area (Å²) in [6.45, 7) is 8.97. The molecule has 2 aromatic heterocycles. The van der Waals surface area contributed by atoms with Gasteiger partial charge in [-0.05, 0) is 25.8 Å². The molecule has 2 fully saturated rings. The number of aromatic amines is 1. The molecule has 2 aromatic rings. The lowest BCUT2D eigenvalue weighted by Gasteiger charge is -2.37. The van der Waals surface area contributed by atoms with Gasteiger partial charge in [0, 0.05) is 62.3 Å². The third kappa shape index (κ3) is 3.05. The molecule has 3 heterocycles. The normalized spacial score (nSPS) is 18.3. The molecule has 0 aromatic carbocycles. The van der Waals surface area contributed by atoms with E-state index in [0.717, 1.165) is 61.5 Å². The van der Waals surface area contributed by atoms with E-state index in [1.165, 1.54) is 0 Å². The second kappa shape index (κ2) is 6.82. The van der Waals surface area contributed by atoms with Gasteiger partial charge in [0.1, 0.15) is 0 Å². The zero-order chi connectivity index (χ0) is 18.1. The summed E-state index contributed by atoms with van der Waals surface area (Å²) < 4.78 is 1.80. The molecule has 4 rings (SSSR count). The summed E-state index contributed by atoms with van der Waals surface area (Å²) in [7, 11) is 0. The van der Waals surface area contributed by atoms with Crippen LogP contribution < -0.4 is 0 Å². The van der Waals surface area contributed by atoms with Crippen LogP contribution in [0.5, 0.6) is 0 Å². The van der Waals surface area contributed by atoms with Gasteiger partial charge < -0.3 is 9.80 Å². The first-order chi connectivity index (χ1) is 12.7. The third-order valence-electron chi connectivity index (χ3n) is 5.18. The fourth-order valence-electron chi connectivity index (χ4n) is 3.58. The zero-order valence-corrected chi connectivity index (χ0v) is 15.1. The lowest BCUT2D eigenvalue weighted by atomic mass is 10.1. The first-order valence-electron chi connectivity index (χ1n) is 9.10. The molecule has 1 amide bonds. The Bertz CT molecular complexity index is 822. The Balaban J connectivity index is 1.53. The summed E-state index contributed by atoms with van der Waals surface area (Å²) in [4.78, 5) is 16.6. The number of allylic oxidation sites excluding steroid dienone is 1. The highest BCUT2D eigenvalue weighted by atomic mass is 16.2. The van der Waals surface area contributed by atoms with Gasteiger partial charge in [-0.15, -0.1) is 0 Å². The lowest BCUT2D eigenvalue weighted by Crippen LogP contribution is -2.48. The fourth-order valence-corrected chi connectivity index (χ4v) is 3.58. The van der Waals surface area contributed by atoms with Crippen LogP contribution in [-0.4, -0.2) is 63.5 Å². The van der Waals surface area contributed by atoms with Gasteiger partial charge in [-0.25, -0.2) is 4.68 Å². The van der Waals surface area contributed by atoms with Crippen LogP contribution in [0.15, 0.2) is 35.8 Å². The summed E-state index contributed by atoms with van der Waals surface area (Å²) in [6, 6.07) is 2.11. The van der Waals surface area contributed by atoms with E-state index in [2.05, 4.69) is 39.1 Å². The topological polar surface area (TPSA) is 69.5 Å². The van der Waals surface area contributed by atoms with E-state index in [0.29, 0.717) is 11.8 Å². The zero-order valence-electron chi connectivity index (χ0n) is 15.1. The minimum Gasteiger partial charge on any atom is -0.367 e.